The van der Waals surface area contributed by atoms with Crippen LogP contribution in [0.3, 0.4) is 0 Å². The van der Waals surface area contributed by atoms with Crippen LogP contribution in [0.5, 0.6) is 0 Å². The molecule has 2 aromatic heterocycles. The Balaban J connectivity index is 1.61. The minimum absolute atomic E-state index is 0.00818. The molecule has 1 unspecified atom stereocenters. The number of aryl methyl sites for hydroxylation is 1. The number of nitrogens with one attached hydrogen (secondary N) is 2. The third kappa shape index (κ3) is 5.89. The predicted molar refractivity (Wildman–Crippen MR) is 121 cm³/mol. The lowest BCUT2D eigenvalue weighted by Crippen LogP contribution is -2.36. The van der Waals surface area contributed by atoms with Crippen LogP contribution in [0.15, 0.2) is 18.3 Å². The van der Waals surface area contributed by atoms with Gasteiger partial charge < -0.3 is 15.4 Å². The number of ether oxygens (including phenoxy) is 1. The van der Waals surface area contributed by atoms with Crippen molar-refractivity contribution in [3.8, 4) is 0 Å². The molecule has 0 saturated heterocycles. The van der Waals surface area contributed by atoms with E-state index >= 15 is 0 Å². The van der Waals surface area contributed by atoms with E-state index in [1.54, 1.807) is 24.2 Å². The van der Waals surface area contributed by atoms with Crippen molar-refractivity contribution < 1.29 is 19.1 Å². The monoisotopic (exact) mass is 444 g/mol. The molecule has 0 aromatic carbocycles. The summed E-state index contributed by atoms with van der Waals surface area (Å²) < 4.78 is 4.96. The molecule has 2 aromatic rings. The fraction of sp³-hybridized carbons (Fsp3) is 0.455. The molecule has 0 spiro atoms. The zero-order valence-electron chi connectivity index (χ0n) is 18.3. The van der Waals surface area contributed by atoms with Gasteiger partial charge in [0, 0.05) is 11.1 Å². The van der Waals surface area contributed by atoms with Crippen molar-refractivity contribution in [2.45, 2.75) is 33.1 Å². The van der Waals surface area contributed by atoms with E-state index in [2.05, 4.69) is 22.5 Å². The fourth-order valence-corrected chi connectivity index (χ4v) is 5.07. The number of nitrogens with zero attached hydrogens (tertiary/aromatic N) is 2. The summed E-state index contributed by atoms with van der Waals surface area (Å²) in [5, 5.41) is 6.10. The molecule has 1 atom stereocenters. The SMILES string of the molecule is COC(=O)c1c(NC(=O)CN(C)CC(=O)Nc2cc(C)ccn2)sc2c1CCC(C)C2. The average molecular weight is 445 g/mol. The molecule has 0 aliphatic heterocycles. The number of pyridine rings is 1. The van der Waals surface area contributed by atoms with Gasteiger partial charge in [0.2, 0.25) is 11.8 Å². The highest BCUT2D eigenvalue weighted by Gasteiger charge is 2.29. The Morgan fingerprint density at radius 3 is 2.65 bits per heavy atom. The van der Waals surface area contributed by atoms with Crippen LogP contribution >= 0.6 is 11.3 Å². The molecule has 3 rings (SSSR count). The summed E-state index contributed by atoms with van der Waals surface area (Å²) in [5.41, 5.74) is 2.45. The number of likely N-dealkylation sites (N-methyl/N-ethyl adjacent to an activating group) is 1. The van der Waals surface area contributed by atoms with Crippen molar-refractivity contribution in [1.29, 1.82) is 0 Å². The van der Waals surface area contributed by atoms with Crippen molar-refractivity contribution in [3.05, 3.63) is 39.9 Å². The van der Waals surface area contributed by atoms with E-state index in [0.29, 0.717) is 22.3 Å². The molecule has 0 fully saturated rings. The van der Waals surface area contributed by atoms with E-state index in [1.165, 1.54) is 18.4 Å². The van der Waals surface area contributed by atoms with Crippen molar-refractivity contribution in [2.75, 3.05) is 37.9 Å². The van der Waals surface area contributed by atoms with Gasteiger partial charge in [0.1, 0.15) is 10.8 Å². The van der Waals surface area contributed by atoms with Gasteiger partial charge in [0.15, 0.2) is 0 Å². The summed E-state index contributed by atoms with van der Waals surface area (Å²) in [5.74, 6) is 0.0439. The maximum Gasteiger partial charge on any atom is 0.341 e. The van der Waals surface area contributed by atoms with Gasteiger partial charge in [-0.05, 0) is 62.4 Å². The van der Waals surface area contributed by atoms with Crippen LogP contribution in [0.2, 0.25) is 0 Å². The third-order valence-corrected chi connectivity index (χ3v) is 6.33. The van der Waals surface area contributed by atoms with E-state index in [4.69, 9.17) is 4.74 Å². The number of methoxy groups -OCH3 is 1. The fourth-order valence-electron chi connectivity index (χ4n) is 3.66. The zero-order valence-corrected chi connectivity index (χ0v) is 19.1. The first kappa shape index (κ1) is 22.9. The Kier molecular flexibility index (Phi) is 7.40. The van der Waals surface area contributed by atoms with E-state index in [0.717, 1.165) is 35.3 Å². The molecule has 0 radical (unpaired) electrons. The maximum absolute atomic E-state index is 12.6. The number of amides is 2. The topological polar surface area (TPSA) is 101 Å². The first-order chi connectivity index (χ1) is 14.8. The lowest BCUT2D eigenvalue weighted by Gasteiger charge is -2.18. The van der Waals surface area contributed by atoms with Crippen LogP contribution in [0.4, 0.5) is 10.8 Å². The molecule has 0 bridgehead atoms. The number of rotatable bonds is 7. The molecule has 9 heteroatoms. The number of aromatic nitrogens is 1. The number of esters is 1. The Morgan fingerprint density at radius 1 is 1.26 bits per heavy atom. The Morgan fingerprint density at radius 2 is 1.97 bits per heavy atom. The second-order valence-corrected chi connectivity index (χ2v) is 9.14. The minimum atomic E-state index is -0.430. The highest BCUT2D eigenvalue weighted by Crippen LogP contribution is 2.40. The van der Waals surface area contributed by atoms with Gasteiger partial charge in [-0.2, -0.15) is 0 Å². The highest BCUT2D eigenvalue weighted by molar-refractivity contribution is 7.17. The number of anilines is 2. The van der Waals surface area contributed by atoms with E-state index in [9.17, 15) is 14.4 Å². The second kappa shape index (κ2) is 10.0. The smallest absolute Gasteiger partial charge is 0.341 e. The maximum atomic E-state index is 12.6. The highest BCUT2D eigenvalue weighted by atomic mass is 32.1. The molecule has 2 N–H and O–H groups in total. The van der Waals surface area contributed by atoms with Crippen LogP contribution in [0, 0.1) is 12.8 Å². The quantitative estimate of drug-likeness (QED) is 0.637. The zero-order chi connectivity index (χ0) is 22.5. The predicted octanol–water partition coefficient (Wildman–Crippen LogP) is 2.87. The first-order valence-electron chi connectivity index (χ1n) is 10.2. The van der Waals surface area contributed by atoms with Gasteiger partial charge in [-0.25, -0.2) is 9.78 Å². The molecular weight excluding hydrogens is 416 g/mol. The Labute approximate surface area is 186 Å². The normalized spacial score (nSPS) is 15.3. The van der Waals surface area contributed by atoms with Gasteiger partial charge in [-0.1, -0.05) is 6.92 Å². The van der Waals surface area contributed by atoms with Crippen molar-refractivity contribution in [2.24, 2.45) is 5.92 Å². The van der Waals surface area contributed by atoms with E-state index in [1.807, 2.05) is 13.0 Å². The third-order valence-electron chi connectivity index (χ3n) is 5.16. The number of thiophene rings is 1. The summed E-state index contributed by atoms with van der Waals surface area (Å²) >= 11 is 1.44. The van der Waals surface area contributed by atoms with Crippen LogP contribution in [0.25, 0.3) is 0 Å². The number of carbonyl (C=O) groups is 3. The van der Waals surface area contributed by atoms with Gasteiger partial charge >= 0.3 is 5.97 Å². The standard InChI is InChI=1S/C22H28N4O4S/c1-13-5-6-15-16(9-13)31-21(20(15)22(29)30-4)25-19(28)12-26(3)11-18(27)24-17-10-14(2)7-8-23-17/h7-8,10,13H,5-6,9,11-12H2,1-4H3,(H,25,28)(H,23,24,27). The average Bonchev–Trinajstić information content (AvgIpc) is 3.03. The second-order valence-electron chi connectivity index (χ2n) is 8.03. The number of hydrogen-bond acceptors (Lipinski definition) is 7. The van der Waals surface area contributed by atoms with Gasteiger partial charge in [-0.3, -0.25) is 14.5 Å². The Hall–Kier alpha value is -2.78. The molecule has 1 aliphatic rings. The first-order valence-corrected chi connectivity index (χ1v) is 11.0. The lowest BCUT2D eigenvalue weighted by atomic mass is 9.88. The number of hydrogen-bond donors (Lipinski definition) is 2. The Bertz CT molecular complexity index is 988. The molecular formula is C22H28N4O4S. The summed E-state index contributed by atoms with van der Waals surface area (Å²) in [6, 6.07) is 3.62. The van der Waals surface area contributed by atoms with Crippen molar-refractivity contribution in [3.63, 3.8) is 0 Å². The molecule has 0 saturated carbocycles. The minimum Gasteiger partial charge on any atom is -0.465 e. The van der Waals surface area contributed by atoms with Crippen molar-refractivity contribution in [1.82, 2.24) is 9.88 Å². The number of fused-ring (bicyclic) bond motifs is 1. The van der Waals surface area contributed by atoms with Gasteiger partial charge in [0.05, 0.1) is 25.8 Å². The molecule has 2 amide bonds. The number of carbonyl (C=O) groups excluding carboxylic acids is 3. The summed E-state index contributed by atoms with van der Waals surface area (Å²) in [6.45, 7) is 4.14. The lowest BCUT2D eigenvalue weighted by molar-refractivity contribution is -0.119. The molecule has 166 valence electrons. The summed E-state index contributed by atoms with van der Waals surface area (Å²) in [6.07, 6.45) is 4.34. The molecule has 1 aliphatic carbocycles. The summed E-state index contributed by atoms with van der Waals surface area (Å²) in [4.78, 5) is 44.0. The largest absolute Gasteiger partial charge is 0.465 e. The van der Waals surface area contributed by atoms with Gasteiger partial charge in [0.25, 0.3) is 0 Å². The van der Waals surface area contributed by atoms with Crippen LogP contribution in [0.1, 0.15) is 39.7 Å². The van der Waals surface area contributed by atoms with E-state index in [-0.39, 0.29) is 24.9 Å². The molecule has 2 heterocycles. The van der Waals surface area contributed by atoms with Gasteiger partial charge in [-0.15, -0.1) is 11.3 Å². The molecule has 8 nitrogen and oxygen atoms in total. The summed E-state index contributed by atoms with van der Waals surface area (Å²) in [7, 11) is 3.03. The van der Waals surface area contributed by atoms with Crippen molar-refractivity contribution >= 4 is 39.9 Å². The van der Waals surface area contributed by atoms with E-state index < -0.39 is 5.97 Å². The van der Waals surface area contributed by atoms with Crippen LogP contribution < -0.4 is 10.6 Å². The van der Waals surface area contributed by atoms with Crippen LogP contribution in [-0.4, -0.2) is 54.9 Å². The molecule has 31 heavy (non-hydrogen) atoms. The van der Waals surface area contributed by atoms with Crippen LogP contribution in [-0.2, 0) is 27.2 Å².